The monoisotopic (exact) mass is 432 g/mol. The van der Waals surface area contributed by atoms with E-state index in [0.29, 0.717) is 31.5 Å². The van der Waals surface area contributed by atoms with Crippen LogP contribution in [0.15, 0.2) is 48.5 Å². The molecule has 1 saturated heterocycles. The molecule has 0 radical (unpaired) electrons. The van der Waals surface area contributed by atoms with Gasteiger partial charge in [0.1, 0.15) is 5.82 Å². The molecule has 1 atom stereocenters. The summed E-state index contributed by atoms with van der Waals surface area (Å²) >= 11 is 0. The minimum absolute atomic E-state index is 0.0157. The van der Waals surface area contributed by atoms with E-state index in [0.717, 1.165) is 12.0 Å². The second-order valence-electron chi connectivity index (χ2n) is 7.94. The van der Waals surface area contributed by atoms with Crippen molar-refractivity contribution in [3.05, 3.63) is 71.0 Å². The number of nitrogens with one attached hydrogen (secondary N) is 1. The van der Waals surface area contributed by atoms with Crippen LogP contribution >= 0.6 is 0 Å². The van der Waals surface area contributed by atoms with E-state index in [1.54, 1.807) is 0 Å². The average molecular weight is 433 g/mol. The van der Waals surface area contributed by atoms with Crippen LogP contribution in [-0.4, -0.2) is 31.7 Å². The molecule has 1 amide bonds. The van der Waals surface area contributed by atoms with Crippen LogP contribution in [0.2, 0.25) is 0 Å². The molecule has 1 heterocycles. The molecule has 0 aromatic heterocycles. The number of amides is 1. The molecule has 0 unspecified atom stereocenters. The molecule has 1 aliphatic rings. The van der Waals surface area contributed by atoms with Gasteiger partial charge in [0.05, 0.1) is 11.8 Å². The van der Waals surface area contributed by atoms with E-state index in [-0.39, 0.29) is 29.4 Å². The summed E-state index contributed by atoms with van der Waals surface area (Å²) in [5.74, 6) is -0.756. The maximum atomic E-state index is 13.0. The molecular formula is C23H29FN2O3S. The third-order valence-electron chi connectivity index (χ3n) is 5.68. The van der Waals surface area contributed by atoms with E-state index in [2.05, 4.69) is 5.32 Å². The minimum Gasteiger partial charge on any atom is -0.349 e. The molecule has 1 N–H and O–H groups in total. The van der Waals surface area contributed by atoms with E-state index in [9.17, 15) is 17.6 Å². The maximum Gasteiger partial charge on any atom is 0.223 e. The highest BCUT2D eigenvalue weighted by Crippen LogP contribution is 2.24. The van der Waals surface area contributed by atoms with Crippen molar-refractivity contribution < 1.29 is 17.6 Å². The largest absolute Gasteiger partial charge is 0.349 e. The molecule has 5 nitrogen and oxygen atoms in total. The van der Waals surface area contributed by atoms with Gasteiger partial charge in [0.2, 0.25) is 15.9 Å². The number of hydrogen-bond acceptors (Lipinski definition) is 3. The second kappa shape index (κ2) is 9.71. The highest BCUT2D eigenvalue weighted by atomic mass is 32.2. The van der Waals surface area contributed by atoms with Gasteiger partial charge in [-0.15, -0.1) is 0 Å². The van der Waals surface area contributed by atoms with Gasteiger partial charge < -0.3 is 5.32 Å². The molecule has 0 bridgehead atoms. The highest BCUT2D eigenvalue weighted by Gasteiger charge is 2.31. The van der Waals surface area contributed by atoms with Crippen LogP contribution in [0.1, 0.15) is 48.9 Å². The Morgan fingerprint density at radius 1 is 1.10 bits per heavy atom. The summed E-state index contributed by atoms with van der Waals surface area (Å²) < 4.78 is 39.8. The third-order valence-corrected chi connectivity index (χ3v) is 7.53. The number of hydrogen-bond donors (Lipinski definition) is 1. The van der Waals surface area contributed by atoms with Crippen molar-refractivity contribution in [1.82, 2.24) is 9.62 Å². The fraction of sp³-hybridized carbons (Fsp3) is 0.435. The normalized spacial score (nSPS) is 16.9. The molecule has 0 spiro atoms. The third kappa shape index (κ3) is 5.67. The highest BCUT2D eigenvalue weighted by molar-refractivity contribution is 7.88. The van der Waals surface area contributed by atoms with Crippen LogP contribution < -0.4 is 5.32 Å². The van der Waals surface area contributed by atoms with Gasteiger partial charge in [-0.25, -0.2) is 17.1 Å². The predicted molar refractivity (Wildman–Crippen MR) is 116 cm³/mol. The fourth-order valence-electron chi connectivity index (χ4n) is 3.79. The van der Waals surface area contributed by atoms with Gasteiger partial charge in [0.15, 0.2) is 0 Å². The molecule has 7 heteroatoms. The van der Waals surface area contributed by atoms with Crippen LogP contribution in [0.3, 0.4) is 0 Å². The van der Waals surface area contributed by atoms with Gasteiger partial charge in [-0.3, -0.25) is 4.79 Å². The summed E-state index contributed by atoms with van der Waals surface area (Å²) in [6.07, 6.45) is 1.79. The van der Waals surface area contributed by atoms with Gasteiger partial charge in [0, 0.05) is 19.0 Å². The van der Waals surface area contributed by atoms with Crippen molar-refractivity contribution in [2.24, 2.45) is 5.92 Å². The van der Waals surface area contributed by atoms with Gasteiger partial charge in [-0.2, -0.15) is 0 Å². The quantitative estimate of drug-likeness (QED) is 0.721. The lowest BCUT2D eigenvalue weighted by Gasteiger charge is -2.31. The number of rotatable bonds is 7. The number of benzene rings is 2. The summed E-state index contributed by atoms with van der Waals surface area (Å²) in [5.41, 5.74) is 2.81. The molecule has 0 saturated carbocycles. The average Bonchev–Trinajstić information content (AvgIpc) is 2.74. The second-order valence-corrected chi connectivity index (χ2v) is 9.91. The Hall–Kier alpha value is -2.25. The van der Waals surface area contributed by atoms with Crippen LogP contribution in [0.4, 0.5) is 4.39 Å². The summed E-state index contributed by atoms with van der Waals surface area (Å²) in [6.45, 7) is 4.71. The van der Waals surface area contributed by atoms with Gasteiger partial charge in [-0.1, -0.05) is 48.9 Å². The fourth-order valence-corrected chi connectivity index (χ4v) is 5.35. The molecule has 0 aliphatic carbocycles. The number of aryl methyl sites for hydroxylation is 1. The molecular weight excluding hydrogens is 403 g/mol. The Morgan fingerprint density at radius 2 is 1.70 bits per heavy atom. The number of nitrogens with zero attached hydrogens (tertiary/aromatic N) is 1. The van der Waals surface area contributed by atoms with E-state index in [1.807, 2.05) is 38.1 Å². The van der Waals surface area contributed by atoms with Crippen molar-refractivity contribution in [2.45, 2.75) is 44.9 Å². The maximum absolute atomic E-state index is 13.0. The van der Waals surface area contributed by atoms with Gasteiger partial charge in [-0.05, 0) is 49.4 Å². The van der Waals surface area contributed by atoms with Crippen LogP contribution in [-0.2, 0) is 20.6 Å². The van der Waals surface area contributed by atoms with E-state index < -0.39 is 10.0 Å². The van der Waals surface area contributed by atoms with Gasteiger partial charge >= 0.3 is 0 Å². The first-order chi connectivity index (χ1) is 14.3. The molecule has 2 aromatic carbocycles. The Bertz CT molecular complexity index is 951. The first kappa shape index (κ1) is 22.4. The first-order valence-corrected chi connectivity index (χ1v) is 12.0. The SMILES string of the molecule is CC[C@H](NC(=O)C1CCN(S(=O)(=O)Cc2ccc(F)cc2)CC1)c1ccc(C)cc1. The molecule has 162 valence electrons. The Balaban J connectivity index is 1.55. The lowest BCUT2D eigenvalue weighted by atomic mass is 9.95. The van der Waals surface area contributed by atoms with E-state index in [1.165, 1.54) is 34.1 Å². The molecule has 2 aromatic rings. The topological polar surface area (TPSA) is 66.5 Å². The standard InChI is InChI=1S/C23H29FN2O3S/c1-3-22(19-8-4-17(2)5-9-19)25-23(27)20-12-14-26(15-13-20)30(28,29)16-18-6-10-21(24)11-7-18/h4-11,20,22H,3,12-16H2,1-2H3,(H,25,27)/t22-/m0/s1. The number of piperidine rings is 1. The Morgan fingerprint density at radius 3 is 2.27 bits per heavy atom. The molecule has 1 aliphatic heterocycles. The molecule has 30 heavy (non-hydrogen) atoms. The van der Waals surface area contributed by atoms with Crippen molar-refractivity contribution in [3.63, 3.8) is 0 Å². The predicted octanol–water partition coefficient (Wildman–Crippen LogP) is 3.94. The lowest BCUT2D eigenvalue weighted by Crippen LogP contribution is -2.44. The number of sulfonamides is 1. The van der Waals surface area contributed by atoms with Crippen molar-refractivity contribution in [1.29, 1.82) is 0 Å². The summed E-state index contributed by atoms with van der Waals surface area (Å²) in [7, 11) is -3.49. The lowest BCUT2D eigenvalue weighted by molar-refractivity contribution is -0.126. The Kier molecular flexibility index (Phi) is 7.26. The van der Waals surface area contributed by atoms with Crippen LogP contribution in [0, 0.1) is 18.7 Å². The van der Waals surface area contributed by atoms with E-state index in [4.69, 9.17) is 0 Å². The van der Waals surface area contributed by atoms with Gasteiger partial charge in [0.25, 0.3) is 0 Å². The number of carbonyl (C=O) groups excluding carboxylic acids is 1. The zero-order valence-corrected chi connectivity index (χ0v) is 18.3. The van der Waals surface area contributed by atoms with Crippen molar-refractivity contribution >= 4 is 15.9 Å². The smallest absolute Gasteiger partial charge is 0.223 e. The summed E-state index contributed by atoms with van der Waals surface area (Å²) in [4.78, 5) is 12.8. The molecule has 1 fully saturated rings. The van der Waals surface area contributed by atoms with Crippen LogP contribution in [0.5, 0.6) is 0 Å². The zero-order valence-electron chi connectivity index (χ0n) is 17.5. The number of halogens is 1. The van der Waals surface area contributed by atoms with Crippen molar-refractivity contribution in [2.75, 3.05) is 13.1 Å². The first-order valence-electron chi connectivity index (χ1n) is 10.4. The van der Waals surface area contributed by atoms with E-state index >= 15 is 0 Å². The van der Waals surface area contributed by atoms with Crippen molar-refractivity contribution in [3.8, 4) is 0 Å². The minimum atomic E-state index is -3.49. The zero-order chi connectivity index (χ0) is 21.7. The number of carbonyl (C=O) groups is 1. The summed E-state index contributed by atoms with van der Waals surface area (Å²) in [6, 6.07) is 13.6. The van der Waals surface area contributed by atoms with Crippen LogP contribution in [0.25, 0.3) is 0 Å². The summed E-state index contributed by atoms with van der Waals surface area (Å²) in [5, 5.41) is 3.13. The Labute approximate surface area is 178 Å². The molecule has 3 rings (SSSR count).